The Hall–Kier alpha value is -2.40. The van der Waals surface area contributed by atoms with Crippen LogP contribution in [0.3, 0.4) is 0 Å². The predicted octanol–water partition coefficient (Wildman–Crippen LogP) is 3.00. The lowest BCUT2D eigenvalue weighted by atomic mass is 10.1. The maximum Gasteiger partial charge on any atom is 0.318 e. The Labute approximate surface area is 137 Å². The van der Waals surface area contributed by atoms with Gasteiger partial charge in [0.25, 0.3) is 0 Å². The number of nitrogens with zero attached hydrogens (tertiary/aromatic N) is 2. The molecular weight excluding hydrogens is 290 g/mol. The zero-order valence-electron chi connectivity index (χ0n) is 13.6. The van der Waals surface area contributed by atoms with Gasteiger partial charge in [-0.05, 0) is 24.6 Å². The highest BCUT2D eigenvalue weighted by atomic mass is 16.5. The van der Waals surface area contributed by atoms with Gasteiger partial charge in [-0.15, -0.1) is 0 Å². The fourth-order valence-electron chi connectivity index (χ4n) is 2.31. The van der Waals surface area contributed by atoms with E-state index in [1.54, 1.807) is 18.2 Å². The van der Waals surface area contributed by atoms with Gasteiger partial charge in [0.15, 0.2) is 0 Å². The number of hydrogen-bond acceptors (Lipinski definition) is 3. The van der Waals surface area contributed by atoms with Crippen LogP contribution in [0.1, 0.15) is 24.2 Å². The molecule has 5 heteroatoms. The third-order valence-electron chi connectivity index (χ3n) is 3.62. The molecule has 1 aromatic carbocycles. The van der Waals surface area contributed by atoms with Crippen molar-refractivity contribution in [3.63, 3.8) is 0 Å². The van der Waals surface area contributed by atoms with E-state index >= 15 is 0 Å². The van der Waals surface area contributed by atoms with E-state index in [2.05, 4.69) is 10.3 Å². The number of amides is 2. The summed E-state index contributed by atoms with van der Waals surface area (Å²) in [5.41, 5.74) is 1.95. The topological polar surface area (TPSA) is 54.5 Å². The van der Waals surface area contributed by atoms with Crippen LogP contribution in [-0.4, -0.2) is 36.2 Å². The summed E-state index contributed by atoms with van der Waals surface area (Å²) in [7, 11) is 1.62. The fraction of sp³-hybridized carbons (Fsp3) is 0.333. The highest BCUT2D eigenvalue weighted by Gasteiger charge is 2.22. The summed E-state index contributed by atoms with van der Waals surface area (Å²) < 4.78 is 4.99. The molecule has 1 N–H and O–H groups in total. The van der Waals surface area contributed by atoms with Crippen LogP contribution in [0.2, 0.25) is 0 Å². The molecule has 0 aliphatic carbocycles. The number of nitrogens with one attached hydrogen (secondary N) is 1. The Morgan fingerprint density at radius 2 is 1.96 bits per heavy atom. The summed E-state index contributed by atoms with van der Waals surface area (Å²) in [5, 5.41) is 2.89. The van der Waals surface area contributed by atoms with Gasteiger partial charge in [0.1, 0.15) is 0 Å². The summed E-state index contributed by atoms with van der Waals surface area (Å²) in [5.74, 6) is 0. The van der Waals surface area contributed by atoms with Crippen molar-refractivity contribution < 1.29 is 9.53 Å². The standard InChI is InChI=1S/C18H23N3O2/c1-15(17-10-6-7-11-19-17)21(18(22)20-12-13-23-2)14-16-8-4-3-5-9-16/h3-11,15H,12-14H2,1-2H3,(H,20,22)/t15-/m1/s1. The van der Waals surface area contributed by atoms with E-state index < -0.39 is 0 Å². The van der Waals surface area contributed by atoms with E-state index in [9.17, 15) is 4.79 Å². The van der Waals surface area contributed by atoms with Crippen LogP contribution in [0.4, 0.5) is 4.79 Å². The largest absolute Gasteiger partial charge is 0.383 e. The van der Waals surface area contributed by atoms with E-state index in [0.717, 1.165) is 11.3 Å². The van der Waals surface area contributed by atoms with Gasteiger partial charge in [0.2, 0.25) is 0 Å². The average Bonchev–Trinajstić information content (AvgIpc) is 2.61. The quantitative estimate of drug-likeness (QED) is 0.800. The summed E-state index contributed by atoms with van der Waals surface area (Å²) in [6, 6.07) is 15.4. The molecule has 2 rings (SSSR count). The van der Waals surface area contributed by atoms with Crippen molar-refractivity contribution in [3.8, 4) is 0 Å². The Morgan fingerprint density at radius 1 is 1.22 bits per heavy atom. The highest BCUT2D eigenvalue weighted by Crippen LogP contribution is 2.20. The number of aromatic nitrogens is 1. The zero-order valence-corrected chi connectivity index (χ0v) is 13.6. The molecule has 23 heavy (non-hydrogen) atoms. The van der Waals surface area contributed by atoms with Crippen LogP contribution in [0.25, 0.3) is 0 Å². The number of urea groups is 1. The molecular formula is C18H23N3O2. The van der Waals surface area contributed by atoms with Gasteiger partial charge in [-0.25, -0.2) is 4.79 Å². The number of rotatable bonds is 7. The van der Waals surface area contributed by atoms with Gasteiger partial charge >= 0.3 is 6.03 Å². The number of pyridine rings is 1. The smallest absolute Gasteiger partial charge is 0.318 e. The van der Waals surface area contributed by atoms with Crippen molar-refractivity contribution in [2.45, 2.75) is 19.5 Å². The molecule has 0 unspecified atom stereocenters. The van der Waals surface area contributed by atoms with Crippen LogP contribution < -0.4 is 5.32 Å². The summed E-state index contributed by atoms with van der Waals surface area (Å²) in [4.78, 5) is 18.7. The number of carbonyl (C=O) groups is 1. The normalized spacial score (nSPS) is 11.7. The second-order valence-electron chi connectivity index (χ2n) is 5.27. The van der Waals surface area contributed by atoms with Crippen LogP contribution in [0.5, 0.6) is 0 Å². The minimum Gasteiger partial charge on any atom is -0.383 e. The lowest BCUT2D eigenvalue weighted by Crippen LogP contribution is -2.42. The molecule has 1 atom stereocenters. The molecule has 0 bridgehead atoms. The molecule has 2 aromatic rings. The number of benzene rings is 1. The third-order valence-corrected chi connectivity index (χ3v) is 3.62. The van der Waals surface area contributed by atoms with Crippen molar-refractivity contribution in [2.24, 2.45) is 0 Å². The predicted molar refractivity (Wildman–Crippen MR) is 89.9 cm³/mol. The Bertz CT molecular complexity index is 590. The molecule has 0 radical (unpaired) electrons. The molecule has 0 spiro atoms. The van der Waals surface area contributed by atoms with Crippen molar-refractivity contribution in [3.05, 3.63) is 66.0 Å². The molecule has 0 fully saturated rings. The molecule has 0 saturated carbocycles. The van der Waals surface area contributed by atoms with Crippen molar-refractivity contribution in [2.75, 3.05) is 20.3 Å². The second-order valence-corrected chi connectivity index (χ2v) is 5.27. The fourth-order valence-corrected chi connectivity index (χ4v) is 2.31. The van der Waals surface area contributed by atoms with Gasteiger partial charge < -0.3 is 15.0 Å². The molecule has 0 aliphatic rings. The highest BCUT2D eigenvalue weighted by molar-refractivity contribution is 5.74. The lowest BCUT2D eigenvalue weighted by Gasteiger charge is -2.29. The Morgan fingerprint density at radius 3 is 2.61 bits per heavy atom. The zero-order chi connectivity index (χ0) is 16.5. The molecule has 0 aliphatic heterocycles. The van der Waals surface area contributed by atoms with Crippen LogP contribution in [0.15, 0.2) is 54.7 Å². The van der Waals surface area contributed by atoms with E-state index in [0.29, 0.717) is 19.7 Å². The summed E-state index contributed by atoms with van der Waals surface area (Å²) in [6.07, 6.45) is 1.75. The Balaban J connectivity index is 2.15. The first-order valence-corrected chi connectivity index (χ1v) is 7.70. The first kappa shape index (κ1) is 17.0. The lowest BCUT2D eigenvalue weighted by molar-refractivity contribution is 0.163. The van der Waals surface area contributed by atoms with Gasteiger partial charge in [0, 0.05) is 26.4 Å². The number of carbonyl (C=O) groups excluding carboxylic acids is 1. The van der Waals surface area contributed by atoms with Crippen molar-refractivity contribution in [1.82, 2.24) is 15.2 Å². The molecule has 1 heterocycles. The molecule has 0 saturated heterocycles. The maximum atomic E-state index is 12.6. The van der Waals surface area contributed by atoms with Gasteiger partial charge in [-0.2, -0.15) is 0 Å². The number of hydrogen-bond donors (Lipinski definition) is 1. The first-order valence-electron chi connectivity index (χ1n) is 7.70. The monoisotopic (exact) mass is 313 g/mol. The maximum absolute atomic E-state index is 12.6. The average molecular weight is 313 g/mol. The molecule has 2 amide bonds. The van der Waals surface area contributed by atoms with Gasteiger partial charge in [-0.1, -0.05) is 36.4 Å². The van der Waals surface area contributed by atoms with E-state index in [1.165, 1.54) is 0 Å². The van der Waals surface area contributed by atoms with E-state index in [-0.39, 0.29) is 12.1 Å². The van der Waals surface area contributed by atoms with Crippen LogP contribution >= 0.6 is 0 Å². The van der Waals surface area contributed by atoms with Crippen LogP contribution in [0, 0.1) is 0 Å². The minimum atomic E-state index is -0.126. The molecule has 1 aromatic heterocycles. The summed E-state index contributed by atoms with van der Waals surface area (Å²) in [6.45, 7) is 3.48. The Kier molecular flexibility index (Phi) is 6.56. The first-order chi connectivity index (χ1) is 11.2. The molecule has 5 nitrogen and oxygen atoms in total. The second kappa shape index (κ2) is 8.90. The number of ether oxygens (including phenoxy) is 1. The minimum absolute atomic E-state index is 0.121. The molecule has 122 valence electrons. The number of methoxy groups -OCH3 is 1. The van der Waals surface area contributed by atoms with Crippen LogP contribution in [-0.2, 0) is 11.3 Å². The van der Waals surface area contributed by atoms with E-state index in [4.69, 9.17) is 4.74 Å². The van der Waals surface area contributed by atoms with Gasteiger partial charge in [-0.3, -0.25) is 4.98 Å². The summed E-state index contributed by atoms with van der Waals surface area (Å²) >= 11 is 0. The van der Waals surface area contributed by atoms with Crippen molar-refractivity contribution in [1.29, 1.82) is 0 Å². The third kappa shape index (κ3) is 5.07. The van der Waals surface area contributed by atoms with Crippen molar-refractivity contribution >= 4 is 6.03 Å². The SMILES string of the molecule is COCCNC(=O)N(Cc1ccccc1)[C@H](C)c1ccccn1. The van der Waals surface area contributed by atoms with E-state index in [1.807, 2.05) is 55.5 Å². The van der Waals surface area contributed by atoms with Gasteiger partial charge in [0.05, 0.1) is 18.3 Å².